The van der Waals surface area contributed by atoms with Crippen LogP contribution in [0, 0.1) is 0 Å². The van der Waals surface area contributed by atoms with Gasteiger partial charge in [0.05, 0.1) is 24.3 Å². The van der Waals surface area contributed by atoms with Crippen molar-refractivity contribution in [2.75, 3.05) is 26.9 Å². The van der Waals surface area contributed by atoms with Gasteiger partial charge in [0.25, 0.3) is 0 Å². The molecular formula is C25H24O6. The number of ether oxygens (including phenoxy) is 4. The first-order chi connectivity index (χ1) is 15.2. The second-order valence-corrected chi connectivity index (χ2v) is 6.65. The quantitative estimate of drug-likeness (QED) is 0.276. The highest BCUT2D eigenvalue weighted by molar-refractivity contribution is 5.92. The summed E-state index contributed by atoms with van der Waals surface area (Å²) in [5.74, 6) is -0.0961. The van der Waals surface area contributed by atoms with E-state index in [0.29, 0.717) is 36.5 Å². The van der Waals surface area contributed by atoms with Crippen LogP contribution in [0.25, 0.3) is 0 Å². The smallest absolute Gasteiger partial charge is 0.343 e. The Morgan fingerprint density at radius 2 is 1.48 bits per heavy atom. The van der Waals surface area contributed by atoms with E-state index >= 15 is 0 Å². The van der Waals surface area contributed by atoms with Crippen molar-refractivity contribution in [3.63, 3.8) is 0 Å². The highest BCUT2D eigenvalue weighted by atomic mass is 16.5. The molecule has 0 N–H and O–H groups in total. The molecular weight excluding hydrogens is 396 g/mol. The highest BCUT2D eigenvalue weighted by Crippen LogP contribution is 2.18. The third-order valence-electron chi connectivity index (χ3n) is 4.39. The van der Waals surface area contributed by atoms with Crippen LogP contribution in [-0.4, -0.2) is 38.9 Å². The standard InChI is InChI=1S/C25H24O6/c1-28-16-17-29-22-12-10-20(11-13-22)25(27)31-23-9-5-8-21(18-23)24(26)30-15-14-19-6-3-2-4-7-19/h2-13,18H,14-17H2,1H3. The molecule has 6 heteroatoms. The molecule has 0 heterocycles. The Labute approximate surface area is 181 Å². The van der Waals surface area contributed by atoms with E-state index in [1.807, 2.05) is 30.3 Å². The molecule has 0 saturated heterocycles. The SMILES string of the molecule is COCCOc1ccc(C(=O)Oc2cccc(C(=O)OCCc3ccccc3)c2)cc1. The van der Waals surface area contributed by atoms with Crippen molar-refractivity contribution in [1.29, 1.82) is 0 Å². The zero-order valence-electron chi connectivity index (χ0n) is 17.3. The molecule has 6 nitrogen and oxygen atoms in total. The molecule has 3 aromatic carbocycles. The van der Waals surface area contributed by atoms with Crippen molar-refractivity contribution in [2.24, 2.45) is 0 Å². The first kappa shape index (κ1) is 22.1. The molecule has 3 aromatic rings. The van der Waals surface area contributed by atoms with Gasteiger partial charge in [-0.15, -0.1) is 0 Å². The Bertz CT molecular complexity index is 982. The minimum Gasteiger partial charge on any atom is -0.491 e. The number of carbonyl (C=O) groups is 2. The van der Waals surface area contributed by atoms with Crippen LogP contribution in [0.1, 0.15) is 26.3 Å². The maximum atomic E-state index is 12.4. The van der Waals surface area contributed by atoms with E-state index < -0.39 is 11.9 Å². The maximum Gasteiger partial charge on any atom is 0.343 e. The Hall–Kier alpha value is -3.64. The number of hydrogen-bond acceptors (Lipinski definition) is 6. The summed E-state index contributed by atoms with van der Waals surface area (Å²) in [4.78, 5) is 24.7. The summed E-state index contributed by atoms with van der Waals surface area (Å²) < 4.78 is 21.1. The molecule has 0 bridgehead atoms. The van der Waals surface area contributed by atoms with Gasteiger partial charge in [-0.25, -0.2) is 9.59 Å². The van der Waals surface area contributed by atoms with Gasteiger partial charge in [0.2, 0.25) is 0 Å². The van der Waals surface area contributed by atoms with Crippen LogP contribution in [0.4, 0.5) is 0 Å². The lowest BCUT2D eigenvalue weighted by Gasteiger charge is -2.09. The topological polar surface area (TPSA) is 71.1 Å². The van der Waals surface area contributed by atoms with E-state index in [0.717, 1.165) is 5.56 Å². The van der Waals surface area contributed by atoms with Crippen LogP contribution >= 0.6 is 0 Å². The maximum absolute atomic E-state index is 12.4. The van der Waals surface area contributed by atoms with E-state index in [4.69, 9.17) is 18.9 Å². The molecule has 0 unspecified atom stereocenters. The molecule has 0 aliphatic carbocycles. The second-order valence-electron chi connectivity index (χ2n) is 6.65. The van der Waals surface area contributed by atoms with E-state index in [9.17, 15) is 9.59 Å². The van der Waals surface area contributed by atoms with Crippen molar-refractivity contribution in [3.05, 3.63) is 95.6 Å². The number of hydrogen-bond donors (Lipinski definition) is 0. The van der Waals surface area contributed by atoms with Gasteiger partial charge in [-0.05, 0) is 48.0 Å². The Morgan fingerprint density at radius 3 is 2.23 bits per heavy atom. The lowest BCUT2D eigenvalue weighted by atomic mass is 10.2. The van der Waals surface area contributed by atoms with E-state index in [-0.39, 0.29) is 12.4 Å². The average Bonchev–Trinajstić information content (AvgIpc) is 2.80. The summed E-state index contributed by atoms with van der Waals surface area (Å²) in [5, 5.41) is 0. The van der Waals surface area contributed by atoms with Gasteiger partial charge in [0.15, 0.2) is 0 Å². The molecule has 31 heavy (non-hydrogen) atoms. The van der Waals surface area contributed by atoms with Crippen molar-refractivity contribution in [1.82, 2.24) is 0 Å². The van der Waals surface area contributed by atoms with Crippen LogP contribution in [0.15, 0.2) is 78.9 Å². The summed E-state index contributed by atoms with van der Waals surface area (Å²) in [6.07, 6.45) is 0.631. The zero-order chi connectivity index (χ0) is 21.9. The molecule has 160 valence electrons. The summed E-state index contributed by atoms with van der Waals surface area (Å²) in [6.45, 7) is 1.18. The third kappa shape index (κ3) is 6.97. The predicted octanol–water partition coefficient (Wildman–Crippen LogP) is 4.33. The van der Waals surface area contributed by atoms with Crippen LogP contribution < -0.4 is 9.47 Å². The minimum absolute atomic E-state index is 0.267. The molecule has 0 saturated carbocycles. The zero-order valence-corrected chi connectivity index (χ0v) is 17.3. The second kappa shape index (κ2) is 11.5. The molecule has 0 atom stereocenters. The van der Waals surface area contributed by atoms with Gasteiger partial charge in [-0.3, -0.25) is 0 Å². The summed E-state index contributed by atoms with van der Waals surface area (Å²) in [5.41, 5.74) is 1.78. The van der Waals surface area contributed by atoms with Gasteiger partial charge < -0.3 is 18.9 Å². The molecule has 0 radical (unpaired) electrons. The Balaban J connectivity index is 1.53. The lowest BCUT2D eigenvalue weighted by molar-refractivity contribution is 0.0507. The summed E-state index contributed by atoms with van der Waals surface area (Å²) in [6, 6.07) is 22.8. The molecule has 0 spiro atoms. The van der Waals surface area contributed by atoms with E-state index in [1.54, 1.807) is 49.6 Å². The third-order valence-corrected chi connectivity index (χ3v) is 4.39. The van der Waals surface area contributed by atoms with Crippen LogP contribution in [0.5, 0.6) is 11.5 Å². The fourth-order valence-electron chi connectivity index (χ4n) is 2.77. The summed E-state index contributed by atoms with van der Waals surface area (Å²) >= 11 is 0. The Kier molecular flexibility index (Phi) is 8.20. The van der Waals surface area contributed by atoms with E-state index in [1.165, 1.54) is 6.07 Å². The van der Waals surface area contributed by atoms with Crippen LogP contribution in [0.2, 0.25) is 0 Å². The monoisotopic (exact) mass is 420 g/mol. The van der Waals surface area contributed by atoms with Crippen molar-refractivity contribution >= 4 is 11.9 Å². The van der Waals surface area contributed by atoms with Gasteiger partial charge in [-0.1, -0.05) is 36.4 Å². The number of benzene rings is 3. The number of carbonyl (C=O) groups excluding carboxylic acids is 2. The van der Waals surface area contributed by atoms with Crippen molar-refractivity contribution < 1.29 is 28.5 Å². The van der Waals surface area contributed by atoms with E-state index in [2.05, 4.69) is 0 Å². The van der Waals surface area contributed by atoms with Gasteiger partial charge >= 0.3 is 11.9 Å². The molecule has 0 fully saturated rings. The average molecular weight is 420 g/mol. The predicted molar refractivity (Wildman–Crippen MR) is 116 cm³/mol. The first-order valence-electron chi connectivity index (χ1n) is 9.91. The fraction of sp³-hybridized carbons (Fsp3) is 0.200. The molecule has 0 aromatic heterocycles. The largest absolute Gasteiger partial charge is 0.491 e. The van der Waals surface area contributed by atoms with Gasteiger partial charge in [0.1, 0.15) is 18.1 Å². The first-order valence-corrected chi connectivity index (χ1v) is 9.91. The van der Waals surface area contributed by atoms with Crippen molar-refractivity contribution in [2.45, 2.75) is 6.42 Å². The highest BCUT2D eigenvalue weighted by Gasteiger charge is 2.12. The molecule has 0 aliphatic rings. The number of rotatable bonds is 10. The normalized spacial score (nSPS) is 10.4. The summed E-state index contributed by atoms with van der Waals surface area (Å²) in [7, 11) is 1.60. The minimum atomic E-state index is -0.530. The molecule has 0 amide bonds. The number of esters is 2. The van der Waals surface area contributed by atoms with Crippen molar-refractivity contribution in [3.8, 4) is 11.5 Å². The number of methoxy groups -OCH3 is 1. The van der Waals surface area contributed by atoms with Gasteiger partial charge in [0, 0.05) is 13.5 Å². The van der Waals surface area contributed by atoms with Crippen LogP contribution in [-0.2, 0) is 15.9 Å². The molecule has 3 rings (SSSR count). The van der Waals surface area contributed by atoms with Gasteiger partial charge in [-0.2, -0.15) is 0 Å². The fourth-order valence-corrected chi connectivity index (χ4v) is 2.77. The Morgan fingerprint density at radius 1 is 0.710 bits per heavy atom. The lowest BCUT2D eigenvalue weighted by Crippen LogP contribution is -2.11. The molecule has 0 aliphatic heterocycles. The van der Waals surface area contributed by atoms with Crippen LogP contribution in [0.3, 0.4) is 0 Å².